The average molecular weight is 329 g/mol. The van der Waals surface area contributed by atoms with Crippen LogP contribution >= 0.6 is 0 Å². The lowest BCUT2D eigenvalue weighted by Crippen LogP contribution is -2.02. The van der Waals surface area contributed by atoms with Crippen LogP contribution < -0.4 is 0 Å². The van der Waals surface area contributed by atoms with Crippen LogP contribution in [0.5, 0.6) is 11.5 Å². The molecule has 0 aromatic heterocycles. The van der Waals surface area contributed by atoms with Crippen LogP contribution in [0.3, 0.4) is 0 Å². The number of aliphatic carboxylic acids is 1. The highest BCUT2D eigenvalue weighted by atomic mass is 16.6. The minimum atomic E-state index is -1.24. The third-order valence-electron chi connectivity index (χ3n) is 3.52. The number of phenolic OH excluding ortho intramolecular Hbond substituents is 2. The van der Waals surface area contributed by atoms with Gasteiger partial charge < -0.3 is 15.3 Å². The Kier molecular flexibility index (Phi) is 4.54. The highest BCUT2D eigenvalue weighted by Gasteiger charge is 2.19. The summed E-state index contributed by atoms with van der Waals surface area (Å²) in [6.45, 7) is 3.62. The van der Waals surface area contributed by atoms with Crippen molar-refractivity contribution in [1.82, 2.24) is 0 Å². The molecule has 0 saturated heterocycles. The zero-order valence-electron chi connectivity index (χ0n) is 13.0. The number of aromatic hydroxyl groups is 2. The van der Waals surface area contributed by atoms with Crippen LogP contribution in [0.25, 0.3) is 11.6 Å². The van der Waals surface area contributed by atoms with E-state index in [0.29, 0.717) is 5.56 Å². The Balaban J connectivity index is 2.67. The SMILES string of the molecule is Cc1ccc(/C(=C/c2cc([N+](=O)[O-])c(O)cc2O)C(=O)O)c(C)c1. The normalized spacial score (nSPS) is 11.3. The molecule has 0 radical (unpaired) electrons. The van der Waals surface area contributed by atoms with Gasteiger partial charge in [-0.1, -0.05) is 23.8 Å². The van der Waals surface area contributed by atoms with Gasteiger partial charge in [0.1, 0.15) is 5.75 Å². The number of nitro benzene ring substituents is 1. The summed E-state index contributed by atoms with van der Waals surface area (Å²) < 4.78 is 0. The molecule has 2 rings (SSSR count). The number of rotatable bonds is 4. The van der Waals surface area contributed by atoms with E-state index >= 15 is 0 Å². The van der Waals surface area contributed by atoms with Gasteiger partial charge in [0.2, 0.25) is 0 Å². The largest absolute Gasteiger partial charge is 0.507 e. The van der Waals surface area contributed by atoms with Crippen molar-refractivity contribution in [2.75, 3.05) is 0 Å². The van der Waals surface area contributed by atoms with Gasteiger partial charge in [0.15, 0.2) is 5.75 Å². The number of hydrogen-bond donors (Lipinski definition) is 3. The second kappa shape index (κ2) is 6.41. The molecular formula is C17H15NO6. The first-order valence-electron chi connectivity index (χ1n) is 6.93. The van der Waals surface area contributed by atoms with Crippen LogP contribution in [0.1, 0.15) is 22.3 Å². The van der Waals surface area contributed by atoms with Crippen LogP contribution in [0.4, 0.5) is 5.69 Å². The van der Waals surface area contributed by atoms with Crippen LogP contribution in [-0.4, -0.2) is 26.2 Å². The molecule has 0 heterocycles. The fraction of sp³-hybridized carbons (Fsp3) is 0.118. The first kappa shape index (κ1) is 17.0. The van der Waals surface area contributed by atoms with Crippen molar-refractivity contribution in [2.45, 2.75) is 13.8 Å². The molecule has 7 heteroatoms. The predicted octanol–water partition coefficient (Wildman–Crippen LogP) is 3.25. The maximum Gasteiger partial charge on any atom is 0.336 e. The maximum atomic E-state index is 11.6. The molecule has 0 saturated carbocycles. The molecule has 24 heavy (non-hydrogen) atoms. The van der Waals surface area contributed by atoms with Gasteiger partial charge in [0, 0.05) is 17.7 Å². The number of aryl methyl sites for hydroxylation is 2. The Morgan fingerprint density at radius 3 is 2.33 bits per heavy atom. The van der Waals surface area contributed by atoms with Crippen molar-refractivity contribution in [2.24, 2.45) is 0 Å². The molecule has 2 aromatic rings. The monoisotopic (exact) mass is 329 g/mol. The van der Waals surface area contributed by atoms with Crippen LogP contribution in [-0.2, 0) is 4.79 Å². The Hall–Kier alpha value is -3.35. The van der Waals surface area contributed by atoms with Crippen molar-refractivity contribution in [3.63, 3.8) is 0 Å². The van der Waals surface area contributed by atoms with Gasteiger partial charge in [-0.15, -0.1) is 0 Å². The fourth-order valence-corrected chi connectivity index (χ4v) is 2.37. The number of benzene rings is 2. The predicted molar refractivity (Wildman–Crippen MR) is 87.8 cm³/mol. The fourth-order valence-electron chi connectivity index (χ4n) is 2.37. The molecule has 0 bridgehead atoms. The zero-order chi connectivity index (χ0) is 18.0. The number of nitro groups is 1. The number of nitrogens with zero attached hydrogens (tertiary/aromatic N) is 1. The third kappa shape index (κ3) is 3.35. The van der Waals surface area contributed by atoms with E-state index in [1.807, 2.05) is 13.0 Å². The molecule has 0 aliphatic rings. The standard InChI is InChI=1S/C17H15NO6/c1-9-3-4-12(10(2)5-9)13(17(21)22)6-11-7-14(18(23)24)16(20)8-15(11)19/h3-8,19-20H,1-2H3,(H,21,22)/b13-6-. The molecule has 0 aliphatic carbocycles. The van der Waals surface area contributed by atoms with Crippen molar-refractivity contribution >= 4 is 23.3 Å². The highest BCUT2D eigenvalue weighted by Crippen LogP contribution is 2.35. The van der Waals surface area contributed by atoms with Crippen LogP contribution in [0.2, 0.25) is 0 Å². The van der Waals surface area contributed by atoms with Gasteiger partial charge in [0.05, 0.1) is 10.5 Å². The quantitative estimate of drug-likeness (QED) is 0.343. The van der Waals surface area contributed by atoms with E-state index in [4.69, 9.17) is 0 Å². The van der Waals surface area contributed by atoms with E-state index in [9.17, 15) is 30.2 Å². The molecule has 2 aromatic carbocycles. The van der Waals surface area contributed by atoms with E-state index in [1.165, 1.54) is 0 Å². The van der Waals surface area contributed by atoms with Crippen molar-refractivity contribution in [3.8, 4) is 11.5 Å². The maximum absolute atomic E-state index is 11.6. The number of carboxylic acid groups (broad SMARTS) is 1. The number of carboxylic acids is 1. The number of carbonyl (C=O) groups is 1. The summed E-state index contributed by atoms with van der Waals surface area (Å²) in [7, 11) is 0. The summed E-state index contributed by atoms with van der Waals surface area (Å²) in [4.78, 5) is 21.7. The second-order valence-corrected chi connectivity index (χ2v) is 5.34. The van der Waals surface area contributed by atoms with E-state index in [1.54, 1.807) is 19.1 Å². The van der Waals surface area contributed by atoms with Crippen molar-refractivity contribution < 1.29 is 25.0 Å². The summed E-state index contributed by atoms with van der Waals surface area (Å²) in [5.41, 5.74) is 1.30. The first-order valence-corrected chi connectivity index (χ1v) is 6.93. The zero-order valence-corrected chi connectivity index (χ0v) is 13.0. The van der Waals surface area contributed by atoms with E-state index in [0.717, 1.165) is 29.3 Å². The Morgan fingerprint density at radius 1 is 1.12 bits per heavy atom. The summed E-state index contributed by atoms with van der Waals surface area (Å²) in [6.07, 6.45) is 1.14. The highest BCUT2D eigenvalue weighted by molar-refractivity contribution is 6.21. The van der Waals surface area contributed by atoms with Gasteiger partial charge in [0.25, 0.3) is 0 Å². The molecule has 0 unspecified atom stereocenters. The molecule has 0 spiro atoms. The number of phenols is 2. The molecule has 3 N–H and O–H groups in total. The Bertz CT molecular complexity index is 870. The lowest BCUT2D eigenvalue weighted by atomic mass is 9.96. The topological polar surface area (TPSA) is 121 Å². The van der Waals surface area contributed by atoms with Crippen LogP contribution in [0.15, 0.2) is 30.3 Å². The van der Waals surface area contributed by atoms with Crippen molar-refractivity contribution in [3.05, 3.63) is 62.7 Å². The summed E-state index contributed by atoms with van der Waals surface area (Å²) in [5, 5.41) is 39.7. The molecule has 124 valence electrons. The molecule has 0 fully saturated rings. The minimum Gasteiger partial charge on any atom is -0.507 e. The molecule has 0 atom stereocenters. The second-order valence-electron chi connectivity index (χ2n) is 5.34. The van der Waals surface area contributed by atoms with Gasteiger partial charge in [-0.05, 0) is 31.1 Å². The number of hydrogen-bond acceptors (Lipinski definition) is 5. The molecule has 0 aliphatic heterocycles. The van der Waals surface area contributed by atoms with Gasteiger partial charge >= 0.3 is 11.7 Å². The smallest absolute Gasteiger partial charge is 0.336 e. The van der Waals surface area contributed by atoms with E-state index in [2.05, 4.69) is 0 Å². The lowest BCUT2D eigenvalue weighted by molar-refractivity contribution is -0.385. The average Bonchev–Trinajstić information content (AvgIpc) is 2.46. The molecule has 7 nitrogen and oxygen atoms in total. The van der Waals surface area contributed by atoms with Gasteiger partial charge in [-0.2, -0.15) is 0 Å². The molecular weight excluding hydrogens is 314 g/mol. The van der Waals surface area contributed by atoms with Crippen LogP contribution in [0, 0.1) is 24.0 Å². The van der Waals surface area contributed by atoms with Crippen molar-refractivity contribution in [1.29, 1.82) is 0 Å². The lowest BCUT2D eigenvalue weighted by Gasteiger charge is -2.09. The first-order chi connectivity index (χ1) is 11.2. The van der Waals surface area contributed by atoms with Gasteiger partial charge in [-0.25, -0.2) is 4.79 Å². The minimum absolute atomic E-state index is 0.0723. The third-order valence-corrected chi connectivity index (χ3v) is 3.52. The summed E-state index contributed by atoms with van der Waals surface area (Å²) in [6, 6.07) is 6.93. The summed E-state index contributed by atoms with van der Waals surface area (Å²) >= 11 is 0. The van der Waals surface area contributed by atoms with E-state index in [-0.39, 0.29) is 11.1 Å². The Morgan fingerprint density at radius 2 is 1.79 bits per heavy atom. The van der Waals surface area contributed by atoms with E-state index < -0.39 is 28.1 Å². The Labute approximate surface area is 137 Å². The van der Waals surface area contributed by atoms with Gasteiger partial charge in [-0.3, -0.25) is 10.1 Å². The summed E-state index contributed by atoms with van der Waals surface area (Å²) in [5.74, 6) is -2.39. The molecule has 0 amide bonds.